The van der Waals surface area contributed by atoms with Crippen LogP contribution in [0.4, 0.5) is 0 Å². The van der Waals surface area contributed by atoms with Gasteiger partial charge in [0.2, 0.25) is 0 Å². The van der Waals surface area contributed by atoms with Crippen molar-refractivity contribution in [1.82, 2.24) is 4.57 Å². The molecular weight excluding hydrogens is 376 g/mol. The zero-order valence-electron chi connectivity index (χ0n) is 15.6. The van der Waals surface area contributed by atoms with Crippen molar-refractivity contribution in [2.75, 3.05) is 7.11 Å². The first kappa shape index (κ1) is 18.2. The number of fused-ring (bicyclic) bond motifs is 1. The fraction of sp³-hybridized carbons (Fsp3) is 0.190. The third-order valence-corrected chi connectivity index (χ3v) is 5.63. The van der Waals surface area contributed by atoms with Crippen molar-refractivity contribution in [3.05, 3.63) is 84.9 Å². The molecule has 0 saturated carbocycles. The predicted octanol–water partition coefficient (Wildman–Crippen LogP) is 2.43. The number of nitrogens with zero attached hydrogens (tertiary/aromatic N) is 2. The van der Waals surface area contributed by atoms with Crippen LogP contribution < -0.4 is 19.6 Å². The summed E-state index contributed by atoms with van der Waals surface area (Å²) in [5, 5.41) is 0. The molecule has 7 heteroatoms. The number of ether oxygens (including phenoxy) is 1. The fourth-order valence-electron chi connectivity index (χ4n) is 3.37. The highest BCUT2D eigenvalue weighted by Gasteiger charge is 2.30. The highest BCUT2D eigenvalue weighted by molar-refractivity contribution is 7.07. The number of carbonyl (C=O) groups excluding carboxylic acids is 1. The number of Topliss-reactive ketones (excluding diaryl/α,β-unsaturated/α-hetero) is 1. The van der Waals surface area contributed by atoms with Gasteiger partial charge in [0, 0.05) is 17.3 Å². The van der Waals surface area contributed by atoms with Crippen LogP contribution in [0.15, 0.2) is 68.1 Å². The van der Waals surface area contributed by atoms with Gasteiger partial charge in [-0.3, -0.25) is 14.2 Å². The normalized spacial score (nSPS) is 16.7. The van der Waals surface area contributed by atoms with Gasteiger partial charge in [0.15, 0.2) is 10.6 Å². The van der Waals surface area contributed by atoms with E-state index in [1.54, 1.807) is 43.1 Å². The zero-order chi connectivity index (χ0) is 19.8. The molecule has 142 valence electrons. The number of hydrogen-bond donors (Lipinski definition) is 0. The number of hydrogen-bond acceptors (Lipinski definition) is 6. The van der Waals surface area contributed by atoms with Crippen molar-refractivity contribution < 1.29 is 13.9 Å². The first-order valence-electron chi connectivity index (χ1n) is 8.70. The van der Waals surface area contributed by atoms with Gasteiger partial charge in [-0.25, -0.2) is 4.99 Å². The molecule has 0 amide bonds. The van der Waals surface area contributed by atoms with E-state index in [4.69, 9.17) is 9.15 Å². The highest BCUT2D eigenvalue weighted by Crippen LogP contribution is 2.31. The van der Waals surface area contributed by atoms with Gasteiger partial charge in [0.05, 0.1) is 23.9 Å². The Morgan fingerprint density at radius 1 is 1.29 bits per heavy atom. The van der Waals surface area contributed by atoms with E-state index in [-0.39, 0.29) is 11.3 Å². The predicted molar refractivity (Wildman–Crippen MR) is 106 cm³/mol. The molecule has 0 radical (unpaired) electrons. The minimum absolute atomic E-state index is 0.109. The monoisotopic (exact) mass is 394 g/mol. The van der Waals surface area contributed by atoms with Gasteiger partial charge in [-0.05, 0) is 43.7 Å². The summed E-state index contributed by atoms with van der Waals surface area (Å²) in [5.41, 5.74) is 1.76. The highest BCUT2D eigenvalue weighted by atomic mass is 32.1. The number of ketones is 1. The second-order valence-electron chi connectivity index (χ2n) is 6.43. The summed E-state index contributed by atoms with van der Waals surface area (Å²) < 4.78 is 12.7. The van der Waals surface area contributed by atoms with Crippen LogP contribution in [-0.4, -0.2) is 17.5 Å². The summed E-state index contributed by atoms with van der Waals surface area (Å²) in [6.45, 7) is 3.31. The fourth-order valence-corrected chi connectivity index (χ4v) is 4.40. The van der Waals surface area contributed by atoms with E-state index < -0.39 is 6.04 Å². The number of aromatic nitrogens is 1. The Morgan fingerprint density at radius 2 is 2.04 bits per heavy atom. The van der Waals surface area contributed by atoms with E-state index in [2.05, 4.69) is 4.99 Å². The Labute approximate surface area is 164 Å². The summed E-state index contributed by atoms with van der Waals surface area (Å²) in [5.74, 6) is 1.19. The average Bonchev–Trinajstić information content (AvgIpc) is 3.29. The summed E-state index contributed by atoms with van der Waals surface area (Å²) in [4.78, 5) is 30.7. The molecule has 1 atom stereocenters. The first-order chi connectivity index (χ1) is 13.5. The van der Waals surface area contributed by atoms with Crippen LogP contribution >= 0.6 is 11.3 Å². The van der Waals surface area contributed by atoms with Crippen molar-refractivity contribution in [3.8, 4) is 5.75 Å². The lowest BCUT2D eigenvalue weighted by Gasteiger charge is -2.24. The number of methoxy groups -OCH3 is 1. The molecule has 0 aliphatic carbocycles. The Bertz CT molecular complexity index is 1250. The van der Waals surface area contributed by atoms with Crippen LogP contribution in [0.1, 0.15) is 31.2 Å². The minimum atomic E-state index is -0.529. The van der Waals surface area contributed by atoms with Crippen molar-refractivity contribution >= 4 is 23.2 Å². The summed E-state index contributed by atoms with van der Waals surface area (Å²) in [6, 6.07) is 10.4. The van der Waals surface area contributed by atoms with Gasteiger partial charge in [0.1, 0.15) is 11.5 Å². The molecule has 3 aromatic rings. The van der Waals surface area contributed by atoms with E-state index in [0.717, 1.165) is 5.56 Å². The molecule has 0 unspecified atom stereocenters. The lowest BCUT2D eigenvalue weighted by atomic mass is 9.93. The maximum Gasteiger partial charge on any atom is 0.271 e. The molecule has 1 aliphatic rings. The SMILES string of the molecule is COc1ccc([C@H]2C(C(C)=O)=C(C)N=c3s/c(=C/c4ccco4)c(=O)n32)cc1. The second kappa shape index (κ2) is 7.09. The van der Waals surface area contributed by atoms with Crippen LogP contribution in [0.3, 0.4) is 0 Å². The Kier molecular flexibility index (Phi) is 4.60. The molecule has 0 N–H and O–H groups in total. The van der Waals surface area contributed by atoms with E-state index in [9.17, 15) is 9.59 Å². The van der Waals surface area contributed by atoms with E-state index in [0.29, 0.717) is 32.1 Å². The quantitative estimate of drug-likeness (QED) is 0.681. The van der Waals surface area contributed by atoms with Gasteiger partial charge in [-0.1, -0.05) is 23.5 Å². The molecule has 2 aromatic heterocycles. The lowest BCUT2D eigenvalue weighted by molar-refractivity contribution is -0.114. The third-order valence-electron chi connectivity index (χ3n) is 4.65. The number of furan rings is 1. The van der Waals surface area contributed by atoms with E-state index >= 15 is 0 Å². The van der Waals surface area contributed by atoms with Crippen molar-refractivity contribution in [2.24, 2.45) is 4.99 Å². The van der Waals surface area contributed by atoms with Crippen LogP contribution in [-0.2, 0) is 4.79 Å². The average molecular weight is 394 g/mol. The van der Waals surface area contributed by atoms with Gasteiger partial charge in [-0.2, -0.15) is 0 Å². The summed E-state index contributed by atoms with van der Waals surface area (Å²) in [6.07, 6.45) is 3.25. The van der Waals surface area contributed by atoms with Crippen molar-refractivity contribution in [1.29, 1.82) is 0 Å². The Hall–Kier alpha value is -3.19. The number of allylic oxidation sites excluding steroid dienone is 2. The maximum absolute atomic E-state index is 13.2. The van der Waals surface area contributed by atoms with Crippen LogP contribution in [0.2, 0.25) is 0 Å². The maximum atomic E-state index is 13.2. The molecule has 0 saturated heterocycles. The molecule has 1 aliphatic heterocycles. The third kappa shape index (κ3) is 3.03. The Morgan fingerprint density at radius 3 is 2.64 bits per heavy atom. The molecule has 4 rings (SSSR count). The number of benzene rings is 1. The molecule has 28 heavy (non-hydrogen) atoms. The molecule has 0 fully saturated rings. The lowest BCUT2D eigenvalue weighted by Crippen LogP contribution is -2.39. The smallest absolute Gasteiger partial charge is 0.271 e. The van der Waals surface area contributed by atoms with Crippen molar-refractivity contribution in [2.45, 2.75) is 19.9 Å². The second-order valence-corrected chi connectivity index (χ2v) is 7.44. The van der Waals surface area contributed by atoms with E-state index in [1.807, 2.05) is 24.3 Å². The number of carbonyl (C=O) groups is 1. The van der Waals surface area contributed by atoms with Gasteiger partial charge >= 0.3 is 0 Å². The standard InChI is InChI=1S/C21H18N2O4S/c1-12-18(13(2)24)19(14-6-8-15(26-3)9-7-14)23-20(25)17(28-21(23)22-12)11-16-5-4-10-27-16/h4-11,19H,1-3H3/b17-11+/t19-/m0/s1. The van der Waals surface area contributed by atoms with Crippen molar-refractivity contribution in [3.63, 3.8) is 0 Å². The van der Waals surface area contributed by atoms with Crippen LogP contribution in [0.5, 0.6) is 5.75 Å². The number of thiazole rings is 1. The van der Waals surface area contributed by atoms with Gasteiger partial charge in [0.25, 0.3) is 5.56 Å². The topological polar surface area (TPSA) is 73.8 Å². The summed E-state index contributed by atoms with van der Waals surface area (Å²) in [7, 11) is 1.60. The molecule has 0 bridgehead atoms. The van der Waals surface area contributed by atoms with Crippen LogP contribution in [0, 0.1) is 0 Å². The Balaban J connectivity index is 1.97. The minimum Gasteiger partial charge on any atom is -0.497 e. The summed E-state index contributed by atoms with van der Waals surface area (Å²) >= 11 is 1.28. The first-order valence-corrected chi connectivity index (χ1v) is 9.52. The largest absolute Gasteiger partial charge is 0.497 e. The molecule has 6 nitrogen and oxygen atoms in total. The van der Waals surface area contributed by atoms with Gasteiger partial charge in [-0.15, -0.1) is 0 Å². The molecule has 0 spiro atoms. The number of rotatable bonds is 4. The van der Waals surface area contributed by atoms with Gasteiger partial charge < -0.3 is 9.15 Å². The van der Waals surface area contributed by atoms with E-state index in [1.165, 1.54) is 18.3 Å². The molecule has 3 heterocycles. The molecule has 1 aromatic carbocycles. The van der Waals surface area contributed by atoms with Crippen LogP contribution in [0.25, 0.3) is 6.08 Å². The zero-order valence-corrected chi connectivity index (χ0v) is 16.4. The molecular formula is C21H18N2O4S.